The molecule has 0 saturated carbocycles. The SMILES string of the molecule is CCNc1ccc(OC)cc1.NC(=O)OCc1ccccc1. The van der Waals surface area contributed by atoms with Gasteiger partial charge in [-0.2, -0.15) is 0 Å². The van der Waals surface area contributed by atoms with Gasteiger partial charge in [0, 0.05) is 12.2 Å². The maximum Gasteiger partial charge on any atom is 0.404 e. The Hall–Kier alpha value is -2.69. The Morgan fingerprint density at radius 1 is 1.09 bits per heavy atom. The van der Waals surface area contributed by atoms with Gasteiger partial charge in [0.2, 0.25) is 0 Å². The molecule has 22 heavy (non-hydrogen) atoms. The van der Waals surface area contributed by atoms with Crippen LogP contribution in [0.3, 0.4) is 0 Å². The molecule has 0 heterocycles. The first-order chi connectivity index (χ1) is 10.7. The van der Waals surface area contributed by atoms with Crippen LogP contribution in [-0.4, -0.2) is 19.7 Å². The van der Waals surface area contributed by atoms with Crippen molar-refractivity contribution in [3.05, 3.63) is 60.2 Å². The highest BCUT2D eigenvalue weighted by molar-refractivity contribution is 5.64. The van der Waals surface area contributed by atoms with Gasteiger partial charge < -0.3 is 20.5 Å². The maximum absolute atomic E-state index is 10.2. The number of amides is 1. The molecular formula is C17H22N2O3. The summed E-state index contributed by atoms with van der Waals surface area (Å²) >= 11 is 0. The number of primary amides is 1. The van der Waals surface area contributed by atoms with Crippen LogP contribution < -0.4 is 15.8 Å². The van der Waals surface area contributed by atoms with Crippen LogP contribution >= 0.6 is 0 Å². The molecule has 0 aliphatic heterocycles. The summed E-state index contributed by atoms with van der Waals surface area (Å²) in [7, 11) is 1.67. The molecule has 5 nitrogen and oxygen atoms in total. The highest BCUT2D eigenvalue weighted by atomic mass is 16.5. The number of nitrogens with two attached hydrogens (primary N) is 1. The highest BCUT2D eigenvalue weighted by Gasteiger charge is 1.93. The Labute approximate surface area is 131 Å². The van der Waals surface area contributed by atoms with Crippen molar-refractivity contribution in [1.29, 1.82) is 0 Å². The number of nitrogens with one attached hydrogen (secondary N) is 1. The second-order valence-corrected chi connectivity index (χ2v) is 4.35. The summed E-state index contributed by atoms with van der Waals surface area (Å²) in [4.78, 5) is 10.2. The van der Waals surface area contributed by atoms with E-state index < -0.39 is 6.09 Å². The van der Waals surface area contributed by atoms with Crippen molar-refractivity contribution in [3.63, 3.8) is 0 Å². The van der Waals surface area contributed by atoms with Gasteiger partial charge in [0.15, 0.2) is 0 Å². The van der Waals surface area contributed by atoms with Crippen LogP contribution in [0.25, 0.3) is 0 Å². The fourth-order valence-corrected chi connectivity index (χ4v) is 1.64. The van der Waals surface area contributed by atoms with Gasteiger partial charge in [-0.3, -0.25) is 0 Å². The van der Waals surface area contributed by atoms with Crippen LogP contribution in [0.2, 0.25) is 0 Å². The predicted octanol–water partition coefficient (Wildman–Crippen LogP) is 3.41. The molecule has 0 atom stereocenters. The fourth-order valence-electron chi connectivity index (χ4n) is 1.64. The molecule has 0 spiro atoms. The molecule has 0 aliphatic carbocycles. The van der Waals surface area contributed by atoms with Crippen molar-refractivity contribution in [2.75, 3.05) is 19.0 Å². The molecule has 0 unspecified atom stereocenters. The maximum atomic E-state index is 10.2. The van der Waals surface area contributed by atoms with E-state index in [9.17, 15) is 4.79 Å². The summed E-state index contributed by atoms with van der Waals surface area (Å²) in [6.45, 7) is 3.27. The lowest BCUT2D eigenvalue weighted by molar-refractivity contribution is 0.150. The van der Waals surface area contributed by atoms with Crippen LogP contribution in [0.1, 0.15) is 12.5 Å². The van der Waals surface area contributed by atoms with Crippen LogP contribution in [0.5, 0.6) is 5.75 Å². The number of carbonyl (C=O) groups is 1. The van der Waals surface area contributed by atoms with Gasteiger partial charge in [0.05, 0.1) is 7.11 Å². The van der Waals surface area contributed by atoms with Crippen LogP contribution in [0, 0.1) is 0 Å². The Balaban J connectivity index is 0.000000220. The van der Waals surface area contributed by atoms with E-state index in [2.05, 4.69) is 17.0 Å². The van der Waals surface area contributed by atoms with E-state index in [1.54, 1.807) is 7.11 Å². The second kappa shape index (κ2) is 10.1. The average molecular weight is 302 g/mol. The summed E-state index contributed by atoms with van der Waals surface area (Å²) in [5, 5.41) is 3.20. The van der Waals surface area contributed by atoms with Crippen molar-refractivity contribution in [1.82, 2.24) is 0 Å². The number of ether oxygens (including phenoxy) is 2. The third-order valence-corrected chi connectivity index (χ3v) is 2.69. The van der Waals surface area contributed by atoms with Crippen LogP contribution in [0.15, 0.2) is 54.6 Å². The number of benzene rings is 2. The van der Waals surface area contributed by atoms with Crippen LogP contribution in [0.4, 0.5) is 10.5 Å². The van der Waals surface area contributed by atoms with Crippen molar-refractivity contribution >= 4 is 11.8 Å². The van der Waals surface area contributed by atoms with Gasteiger partial charge in [-0.25, -0.2) is 4.79 Å². The zero-order chi connectivity index (χ0) is 16.2. The molecule has 0 fully saturated rings. The molecule has 2 rings (SSSR count). The monoisotopic (exact) mass is 302 g/mol. The number of anilines is 1. The summed E-state index contributed by atoms with van der Waals surface area (Å²) in [6.07, 6.45) is -0.742. The van der Waals surface area contributed by atoms with Gasteiger partial charge in [-0.15, -0.1) is 0 Å². The quantitative estimate of drug-likeness (QED) is 0.887. The van der Waals surface area contributed by atoms with Gasteiger partial charge in [-0.05, 0) is 36.8 Å². The minimum absolute atomic E-state index is 0.246. The van der Waals surface area contributed by atoms with E-state index in [0.29, 0.717) is 0 Å². The standard InChI is InChI=1S/C9H13NO.C8H9NO2/c1-3-10-8-4-6-9(11-2)7-5-8;9-8(10)11-6-7-4-2-1-3-5-7/h4-7,10H,3H2,1-2H3;1-5H,6H2,(H2,9,10). The molecule has 5 heteroatoms. The number of methoxy groups -OCH3 is 1. The average Bonchev–Trinajstić information content (AvgIpc) is 2.55. The van der Waals surface area contributed by atoms with E-state index in [-0.39, 0.29) is 6.61 Å². The molecule has 1 amide bonds. The minimum atomic E-state index is -0.742. The zero-order valence-electron chi connectivity index (χ0n) is 12.9. The first-order valence-corrected chi connectivity index (χ1v) is 6.99. The van der Waals surface area contributed by atoms with Crippen LogP contribution in [-0.2, 0) is 11.3 Å². The molecule has 2 aromatic carbocycles. The smallest absolute Gasteiger partial charge is 0.404 e. The van der Waals surface area contributed by atoms with Crippen molar-refractivity contribution < 1.29 is 14.3 Å². The van der Waals surface area contributed by atoms with Gasteiger partial charge in [0.1, 0.15) is 12.4 Å². The van der Waals surface area contributed by atoms with E-state index in [1.165, 1.54) is 0 Å². The second-order valence-electron chi connectivity index (χ2n) is 4.35. The summed E-state index contributed by atoms with van der Waals surface area (Å²) in [6, 6.07) is 17.3. The molecule has 3 N–H and O–H groups in total. The van der Waals surface area contributed by atoms with Gasteiger partial charge >= 0.3 is 6.09 Å². The van der Waals surface area contributed by atoms with E-state index in [0.717, 1.165) is 23.5 Å². The summed E-state index contributed by atoms with van der Waals surface area (Å²) in [5.74, 6) is 0.895. The lowest BCUT2D eigenvalue weighted by atomic mass is 10.2. The van der Waals surface area contributed by atoms with Crippen molar-refractivity contribution in [3.8, 4) is 5.75 Å². The van der Waals surface area contributed by atoms with E-state index in [1.807, 2.05) is 54.6 Å². The number of carbonyl (C=O) groups excluding carboxylic acids is 1. The molecule has 0 aliphatic rings. The number of hydrogen-bond acceptors (Lipinski definition) is 4. The molecule has 0 aromatic heterocycles. The van der Waals surface area contributed by atoms with Crippen molar-refractivity contribution in [2.45, 2.75) is 13.5 Å². The molecule has 118 valence electrons. The molecule has 0 radical (unpaired) electrons. The summed E-state index contributed by atoms with van der Waals surface area (Å²) in [5.41, 5.74) is 6.85. The third-order valence-electron chi connectivity index (χ3n) is 2.69. The number of rotatable bonds is 5. The topological polar surface area (TPSA) is 73.6 Å². The third kappa shape index (κ3) is 7.19. The van der Waals surface area contributed by atoms with Gasteiger partial charge in [-0.1, -0.05) is 30.3 Å². The molecule has 0 saturated heterocycles. The van der Waals surface area contributed by atoms with E-state index >= 15 is 0 Å². The first-order valence-electron chi connectivity index (χ1n) is 6.99. The lowest BCUT2D eigenvalue weighted by Crippen LogP contribution is -2.12. The van der Waals surface area contributed by atoms with E-state index in [4.69, 9.17) is 10.5 Å². The first kappa shape index (κ1) is 17.4. The lowest BCUT2D eigenvalue weighted by Gasteiger charge is -2.03. The fraction of sp³-hybridized carbons (Fsp3) is 0.235. The highest BCUT2D eigenvalue weighted by Crippen LogP contribution is 2.14. The Morgan fingerprint density at radius 2 is 1.73 bits per heavy atom. The largest absolute Gasteiger partial charge is 0.497 e. The summed E-state index contributed by atoms with van der Waals surface area (Å²) < 4.78 is 9.59. The molecule has 0 bridgehead atoms. The Kier molecular flexibility index (Phi) is 7.97. The number of hydrogen-bond donors (Lipinski definition) is 2. The molecule has 2 aromatic rings. The Bertz CT molecular complexity index is 542. The zero-order valence-corrected chi connectivity index (χ0v) is 12.9. The minimum Gasteiger partial charge on any atom is -0.497 e. The normalized spacial score (nSPS) is 9.18. The predicted molar refractivity (Wildman–Crippen MR) is 88.0 cm³/mol. The molecular weight excluding hydrogens is 280 g/mol. The van der Waals surface area contributed by atoms with Gasteiger partial charge in [0.25, 0.3) is 0 Å². The van der Waals surface area contributed by atoms with Crippen molar-refractivity contribution in [2.24, 2.45) is 5.73 Å². The Morgan fingerprint density at radius 3 is 2.23 bits per heavy atom.